The highest BCUT2D eigenvalue weighted by Gasteiger charge is 2.11. The third-order valence-corrected chi connectivity index (χ3v) is 1.92. The smallest absolute Gasteiger partial charge is 0.0615 e. The fourth-order valence-electron chi connectivity index (χ4n) is 0.976. The molecule has 0 heterocycles. The van der Waals surface area contributed by atoms with E-state index in [1.54, 1.807) is 7.11 Å². The van der Waals surface area contributed by atoms with Crippen molar-refractivity contribution in [3.05, 3.63) is 0 Å². The lowest BCUT2D eigenvalue weighted by molar-refractivity contribution is 0.106. The van der Waals surface area contributed by atoms with Gasteiger partial charge in [0.2, 0.25) is 0 Å². The molecule has 74 valence electrons. The lowest BCUT2D eigenvalue weighted by Gasteiger charge is -2.26. The number of rotatable bonds is 6. The molecule has 0 aliphatic heterocycles. The predicted octanol–water partition coefficient (Wildman–Crippen LogP) is -0.727. The number of nitrogens with zero attached hydrogens (tertiary/aromatic N) is 1. The summed E-state index contributed by atoms with van der Waals surface area (Å²) in [5, 5.41) is 8.71. The largest absolute Gasteiger partial charge is 0.395 e. The summed E-state index contributed by atoms with van der Waals surface area (Å²) in [6, 6.07) is 0.182. The molecule has 0 bridgehead atoms. The number of ether oxygens (including phenoxy) is 1. The molecule has 0 saturated carbocycles. The van der Waals surface area contributed by atoms with E-state index in [1.807, 2.05) is 7.05 Å². The number of aliphatic hydroxyl groups excluding tert-OH is 1. The van der Waals surface area contributed by atoms with E-state index < -0.39 is 0 Å². The molecule has 3 N–H and O–H groups in total. The zero-order chi connectivity index (χ0) is 9.56. The Kier molecular flexibility index (Phi) is 6.28. The van der Waals surface area contributed by atoms with E-state index in [2.05, 4.69) is 11.8 Å². The molecule has 0 radical (unpaired) electrons. The van der Waals surface area contributed by atoms with Crippen LogP contribution in [0.2, 0.25) is 0 Å². The van der Waals surface area contributed by atoms with Crippen molar-refractivity contribution in [1.29, 1.82) is 0 Å². The standard InChI is InChI=1S/C8H20N2O2/c1-7(6-12-3)10(2)4-8(9)5-11/h7-8,11H,4-6,9H2,1-3H3. The van der Waals surface area contributed by atoms with Crippen molar-refractivity contribution >= 4 is 0 Å². The molecule has 4 nitrogen and oxygen atoms in total. The Hall–Kier alpha value is -0.160. The number of nitrogens with two attached hydrogens (primary N) is 1. The van der Waals surface area contributed by atoms with Crippen LogP contribution in [0.25, 0.3) is 0 Å². The van der Waals surface area contributed by atoms with E-state index >= 15 is 0 Å². The van der Waals surface area contributed by atoms with Crippen LogP contribution < -0.4 is 5.73 Å². The topological polar surface area (TPSA) is 58.7 Å². The van der Waals surface area contributed by atoms with Crippen LogP contribution in [0.5, 0.6) is 0 Å². The maximum absolute atomic E-state index is 8.71. The van der Waals surface area contributed by atoms with E-state index in [-0.39, 0.29) is 12.6 Å². The van der Waals surface area contributed by atoms with Gasteiger partial charge in [-0.25, -0.2) is 0 Å². The first-order valence-corrected chi connectivity index (χ1v) is 4.17. The fraction of sp³-hybridized carbons (Fsp3) is 1.00. The Bertz CT molecular complexity index is 111. The summed E-state index contributed by atoms with van der Waals surface area (Å²) < 4.78 is 4.99. The summed E-state index contributed by atoms with van der Waals surface area (Å²) in [6.45, 7) is 3.48. The Labute approximate surface area is 74.3 Å². The molecule has 4 heteroatoms. The molecule has 0 rings (SSSR count). The van der Waals surface area contributed by atoms with Crippen molar-refractivity contribution in [3.63, 3.8) is 0 Å². The molecule has 0 saturated heterocycles. The Morgan fingerprint density at radius 3 is 2.58 bits per heavy atom. The lowest BCUT2D eigenvalue weighted by atomic mass is 10.2. The fourth-order valence-corrected chi connectivity index (χ4v) is 0.976. The molecule has 0 spiro atoms. The summed E-state index contributed by atoms with van der Waals surface area (Å²) in [5.74, 6) is 0. The van der Waals surface area contributed by atoms with Gasteiger partial charge in [0, 0.05) is 25.7 Å². The number of methoxy groups -OCH3 is 1. The first-order valence-electron chi connectivity index (χ1n) is 4.17. The SMILES string of the molecule is COCC(C)N(C)CC(N)CO. The third kappa shape index (κ3) is 4.66. The molecule has 0 aliphatic rings. The molecule has 2 atom stereocenters. The first-order chi connectivity index (χ1) is 5.61. The molecule has 0 aliphatic carbocycles. The van der Waals surface area contributed by atoms with Gasteiger partial charge in [0.25, 0.3) is 0 Å². The zero-order valence-electron chi connectivity index (χ0n) is 8.16. The predicted molar refractivity (Wildman–Crippen MR) is 49.0 cm³/mol. The molecule has 0 aromatic rings. The normalized spacial score (nSPS) is 16.5. The highest BCUT2D eigenvalue weighted by atomic mass is 16.5. The van der Waals surface area contributed by atoms with E-state index in [0.29, 0.717) is 19.2 Å². The average Bonchev–Trinajstić information content (AvgIpc) is 2.04. The van der Waals surface area contributed by atoms with Crippen molar-refractivity contribution in [2.24, 2.45) is 5.73 Å². The van der Waals surface area contributed by atoms with Crippen LogP contribution in [-0.2, 0) is 4.74 Å². The van der Waals surface area contributed by atoms with E-state index in [4.69, 9.17) is 15.6 Å². The number of aliphatic hydroxyl groups is 1. The second-order valence-corrected chi connectivity index (χ2v) is 3.19. The van der Waals surface area contributed by atoms with Crippen LogP contribution in [0, 0.1) is 0 Å². The minimum Gasteiger partial charge on any atom is -0.395 e. The van der Waals surface area contributed by atoms with Crippen molar-refractivity contribution in [2.75, 3.05) is 33.9 Å². The molecule has 2 unspecified atom stereocenters. The summed E-state index contributed by atoms with van der Waals surface area (Å²) in [6.07, 6.45) is 0. The summed E-state index contributed by atoms with van der Waals surface area (Å²) in [4.78, 5) is 2.07. The Morgan fingerprint density at radius 2 is 2.17 bits per heavy atom. The number of hydrogen-bond donors (Lipinski definition) is 2. The minimum atomic E-state index is -0.158. The van der Waals surface area contributed by atoms with Gasteiger partial charge in [-0.3, -0.25) is 4.90 Å². The summed E-state index contributed by atoms with van der Waals surface area (Å²) in [5.41, 5.74) is 5.58. The van der Waals surface area contributed by atoms with Gasteiger partial charge < -0.3 is 15.6 Å². The molecule has 0 aromatic heterocycles. The summed E-state index contributed by atoms with van der Waals surface area (Å²) in [7, 11) is 3.65. The van der Waals surface area contributed by atoms with Gasteiger partial charge in [-0.15, -0.1) is 0 Å². The quantitative estimate of drug-likeness (QED) is 0.560. The molecule has 12 heavy (non-hydrogen) atoms. The van der Waals surface area contributed by atoms with Gasteiger partial charge in [-0.05, 0) is 14.0 Å². The molecular formula is C8H20N2O2. The van der Waals surface area contributed by atoms with Gasteiger partial charge >= 0.3 is 0 Å². The van der Waals surface area contributed by atoms with Gasteiger partial charge in [0.1, 0.15) is 0 Å². The maximum atomic E-state index is 8.71. The molecule has 0 aromatic carbocycles. The van der Waals surface area contributed by atoms with Crippen LogP contribution in [0.15, 0.2) is 0 Å². The number of hydrogen-bond acceptors (Lipinski definition) is 4. The van der Waals surface area contributed by atoms with Crippen LogP contribution >= 0.6 is 0 Å². The lowest BCUT2D eigenvalue weighted by Crippen LogP contribution is -2.43. The van der Waals surface area contributed by atoms with Crippen LogP contribution in [0.1, 0.15) is 6.92 Å². The monoisotopic (exact) mass is 176 g/mol. The highest BCUT2D eigenvalue weighted by molar-refractivity contribution is 4.69. The van der Waals surface area contributed by atoms with Crippen molar-refractivity contribution < 1.29 is 9.84 Å². The molecule has 0 fully saturated rings. The average molecular weight is 176 g/mol. The zero-order valence-corrected chi connectivity index (χ0v) is 8.16. The van der Waals surface area contributed by atoms with Gasteiger partial charge in [-0.1, -0.05) is 0 Å². The molecular weight excluding hydrogens is 156 g/mol. The second-order valence-electron chi connectivity index (χ2n) is 3.19. The Morgan fingerprint density at radius 1 is 1.58 bits per heavy atom. The van der Waals surface area contributed by atoms with Gasteiger partial charge in [0.05, 0.1) is 13.2 Å². The van der Waals surface area contributed by atoms with E-state index in [9.17, 15) is 0 Å². The van der Waals surface area contributed by atoms with E-state index in [1.165, 1.54) is 0 Å². The Balaban J connectivity index is 3.62. The van der Waals surface area contributed by atoms with Gasteiger partial charge in [0.15, 0.2) is 0 Å². The third-order valence-electron chi connectivity index (χ3n) is 1.92. The van der Waals surface area contributed by atoms with Crippen molar-refractivity contribution in [2.45, 2.75) is 19.0 Å². The molecule has 0 amide bonds. The van der Waals surface area contributed by atoms with Crippen molar-refractivity contribution in [1.82, 2.24) is 4.90 Å². The van der Waals surface area contributed by atoms with Crippen LogP contribution in [0.3, 0.4) is 0 Å². The summed E-state index contributed by atoms with van der Waals surface area (Å²) >= 11 is 0. The van der Waals surface area contributed by atoms with Crippen LogP contribution in [-0.4, -0.2) is 56.0 Å². The highest BCUT2D eigenvalue weighted by Crippen LogP contribution is 1.96. The van der Waals surface area contributed by atoms with Crippen molar-refractivity contribution in [3.8, 4) is 0 Å². The maximum Gasteiger partial charge on any atom is 0.0615 e. The first kappa shape index (κ1) is 11.8. The number of likely N-dealkylation sites (N-methyl/N-ethyl adjacent to an activating group) is 1. The second kappa shape index (κ2) is 6.37. The minimum absolute atomic E-state index is 0.0318. The van der Waals surface area contributed by atoms with Gasteiger partial charge in [-0.2, -0.15) is 0 Å². The van der Waals surface area contributed by atoms with Crippen LogP contribution in [0.4, 0.5) is 0 Å². The van der Waals surface area contributed by atoms with E-state index in [0.717, 1.165) is 0 Å².